The molecule has 0 fully saturated rings. The second-order valence-electron chi connectivity index (χ2n) is 2.72. The number of thiophene rings is 1. The average molecular weight is 297 g/mol. The topological polar surface area (TPSA) is 49.7 Å². The number of rotatable bonds is 3. The summed E-state index contributed by atoms with van der Waals surface area (Å²) in [5, 5.41) is 0. The zero-order chi connectivity index (χ0) is 10.8. The Morgan fingerprint density at radius 3 is 2.57 bits per heavy atom. The van der Waals surface area contributed by atoms with Gasteiger partial charge in [-0.15, -0.1) is 15.7 Å². The summed E-state index contributed by atoms with van der Waals surface area (Å²) in [6.07, 6.45) is 1.27. The van der Waals surface area contributed by atoms with E-state index < -0.39 is 10.0 Å². The van der Waals surface area contributed by atoms with Gasteiger partial charge in [0.1, 0.15) is 10.5 Å². The van der Waals surface area contributed by atoms with Crippen LogP contribution in [0.2, 0.25) is 0 Å². The highest BCUT2D eigenvalue weighted by atomic mass is 79.9. The van der Waals surface area contributed by atoms with Crippen LogP contribution >= 0.6 is 27.3 Å². The van der Waals surface area contributed by atoms with Crippen LogP contribution in [0, 0.1) is 0 Å². The number of nitrogens with zero attached hydrogens (tertiary/aromatic N) is 2. The summed E-state index contributed by atoms with van der Waals surface area (Å²) in [6.45, 7) is 0. The summed E-state index contributed by atoms with van der Waals surface area (Å²) < 4.78 is 27.5. The van der Waals surface area contributed by atoms with Crippen molar-refractivity contribution in [1.82, 2.24) is 4.90 Å². The summed E-state index contributed by atoms with van der Waals surface area (Å²) in [4.78, 5) is 1.57. The van der Waals surface area contributed by atoms with Crippen LogP contribution in [0.4, 0.5) is 0 Å². The predicted molar refractivity (Wildman–Crippen MR) is 61.4 cm³/mol. The lowest BCUT2D eigenvalue weighted by Crippen LogP contribution is -2.09. The van der Waals surface area contributed by atoms with Crippen molar-refractivity contribution in [2.75, 3.05) is 14.1 Å². The SMILES string of the molecule is CN(C)C=NS(=O)(=O)c1ccc(Br)s1. The standard InChI is InChI=1S/C7H9BrN2O2S2/c1-10(2)5-9-14(11,12)7-4-3-6(8)13-7/h3-5H,1-2H3. The molecule has 0 atom stereocenters. The van der Waals surface area contributed by atoms with E-state index in [1.807, 2.05) is 0 Å². The normalized spacial score (nSPS) is 12.2. The van der Waals surface area contributed by atoms with Crippen molar-refractivity contribution in [3.05, 3.63) is 15.9 Å². The van der Waals surface area contributed by atoms with Gasteiger partial charge in [-0.1, -0.05) is 0 Å². The lowest BCUT2D eigenvalue weighted by atomic mass is 10.7. The minimum atomic E-state index is -3.52. The van der Waals surface area contributed by atoms with Gasteiger partial charge in [0, 0.05) is 14.1 Å². The molecule has 78 valence electrons. The van der Waals surface area contributed by atoms with E-state index in [0.29, 0.717) is 0 Å². The van der Waals surface area contributed by atoms with Crippen molar-refractivity contribution in [2.24, 2.45) is 4.40 Å². The largest absolute Gasteiger partial charge is 0.368 e. The van der Waals surface area contributed by atoms with Crippen LogP contribution in [-0.4, -0.2) is 33.8 Å². The number of halogens is 1. The Labute approximate surface area is 95.5 Å². The summed E-state index contributed by atoms with van der Waals surface area (Å²) >= 11 is 4.34. The Balaban J connectivity index is 2.98. The van der Waals surface area contributed by atoms with Crippen molar-refractivity contribution in [1.29, 1.82) is 0 Å². The minimum Gasteiger partial charge on any atom is -0.368 e. The molecular weight excluding hydrogens is 288 g/mol. The molecule has 0 aliphatic heterocycles. The maximum absolute atomic E-state index is 11.5. The molecule has 1 aromatic rings. The van der Waals surface area contributed by atoms with Crippen molar-refractivity contribution in [2.45, 2.75) is 4.21 Å². The third-order valence-electron chi connectivity index (χ3n) is 1.22. The van der Waals surface area contributed by atoms with E-state index in [-0.39, 0.29) is 4.21 Å². The monoisotopic (exact) mass is 296 g/mol. The van der Waals surface area contributed by atoms with Crippen LogP contribution in [0.25, 0.3) is 0 Å². The van der Waals surface area contributed by atoms with Crippen molar-refractivity contribution < 1.29 is 8.42 Å². The first-order valence-electron chi connectivity index (χ1n) is 3.64. The van der Waals surface area contributed by atoms with Crippen LogP contribution in [0.1, 0.15) is 0 Å². The maximum atomic E-state index is 11.5. The molecular formula is C7H9BrN2O2S2. The molecule has 0 saturated heterocycles. The highest BCUT2D eigenvalue weighted by Crippen LogP contribution is 2.26. The van der Waals surface area contributed by atoms with E-state index in [1.165, 1.54) is 12.4 Å². The molecule has 0 unspecified atom stereocenters. The summed E-state index contributed by atoms with van der Waals surface area (Å²) in [5.74, 6) is 0. The van der Waals surface area contributed by atoms with Gasteiger partial charge in [-0.2, -0.15) is 8.42 Å². The van der Waals surface area contributed by atoms with Gasteiger partial charge in [-0.3, -0.25) is 0 Å². The molecule has 0 saturated carbocycles. The Hall–Kier alpha value is -0.400. The van der Waals surface area contributed by atoms with Gasteiger partial charge < -0.3 is 4.90 Å². The minimum absolute atomic E-state index is 0.238. The van der Waals surface area contributed by atoms with Gasteiger partial charge in [0.05, 0.1) is 3.79 Å². The smallest absolute Gasteiger partial charge is 0.293 e. The third-order valence-corrected chi connectivity index (χ3v) is 4.54. The lowest BCUT2D eigenvalue weighted by molar-refractivity contribution is 0.596. The third kappa shape index (κ3) is 3.07. The van der Waals surface area contributed by atoms with Crippen molar-refractivity contribution in [3.8, 4) is 0 Å². The zero-order valence-electron chi connectivity index (χ0n) is 7.64. The van der Waals surface area contributed by atoms with Gasteiger partial charge in [0.2, 0.25) is 0 Å². The van der Waals surface area contributed by atoms with Gasteiger partial charge >= 0.3 is 0 Å². The molecule has 7 heteroatoms. The molecule has 0 N–H and O–H groups in total. The van der Waals surface area contributed by atoms with E-state index in [1.54, 1.807) is 25.1 Å². The van der Waals surface area contributed by atoms with E-state index >= 15 is 0 Å². The van der Waals surface area contributed by atoms with E-state index in [4.69, 9.17) is 0 Å². The predicted octanol–water partition coefficient (Wildman–Crippen LogP) is 1.79. The lowest BCUT2D eigenvalue weighted by Gasteiger charge is -2.01. The molecule has 0 aliphatic rings. The number of hydrogen-bond donors (Lipinski definition) is 0. The molecule has 0 aromatic carbocycles. The Bertz CT molecular complexity index is 436. The zero-order valence-corrected chi connectivity index (χ0v) is 10.9. The summed E-state index contributed by atoms with van der Waals surface area (Å²) in [6, 6.07) is 3.21. The van der Waals surface area contributed by atoms with Crippen LogP contribution in [-0.2, 0) is 10.0 Å². The Morgan fingerprint density at radius 2 is 2.14 bits per heavy atom. The first kappa shape index (κ1) is 11.7. The second kappa shape index (κ2) is 4.41. The van der Waals surface area contributed by atoms with E-state index in [2.05, 4.69) is 20.3 Å². The maximum Gasteiger partial charge on any atom is 0.293 e. The van der Waals surface area contributed by atoms with Crippen LogP contribution < -0.4 is 0 Å². The van der Waals surface area contributed by atoms with Crippen molar-refractivity contribution in [3.63, 3.8) is 0 Å². The van der Waals surface area contributed by atoms with Gasteiger partial charge in [0.25, 0.3) is 10.0 Å². The molecule has 0 aliphatic carbocycles. The first-order valence-corrected chi connectivity index (χ1v) is 6.69. The Kier molecular flexibility index (Phi) is 3.68. The fourth-order valence-electron chi connectivity index (χ4n) is 0.645. The molecule has 0 spiro atoms. The van der Waals surface area contributed by atoms with Gasteiger partial charge in [-0.25, -0.2) is 0 Å². The van der Waals surface area contributed by atoms with Gasteiger partial charge in [-0.05, 0) is 28.1 Å². The second-order valence-corrected chi connectivity index (χ2v) is 7.04. The average Bonchev–Trinajstić information content (AvgIpc) is 2.49. The highest BCUT2D eigenvalue weighted by molar-refractivity contribution is 9.11. The quantitative estimate of drug-likeness (QED) is 0.631. The van der Waals surface area contributed by atoms with Crippen LogP contribution in [0.15, 0.2) is 24.5 Å². The molecule has 14 heavy (non-hydrogen) atoms. The first-order chi connectivity index (χ1) is 6.42. The van der Waals surface area contributed by atoms with Gasteiger partial charge in [0.15, 0.2) is 0 Å². The summed E-state index contributed by atoms with van der Waals surface area (Å²) in [5.41, 5.74) is 0. The molecule has 0 bridgehead atoms. The van der Waals surface area contributed by atoms with E-state index in [9.17, 15) is 8.42 Å². The Morgan fingerprint density at radius 1 is 1.50 bits per heavy atom. The molecule has 1 rings (SSSR count). The number of hydrogen-bond acceptors (Lipinski definition) is 3. The fourth-order valence-corrected chi connectivity index (χ4v) is 3.56. The van der Waals surface area contributed by atoms with Crippen LogP contribution in [0.3, 0.4) is 0 Å². The summed E-state index contributed by atoms with van der Waals surface area (Å²) in [7, 11) is -0.0949. The highest BCUT2D eigenvalue weighted by Gasteiger charge is 2.14. The van der Waals surface area contributed by atoms with E-state index in [0.717, 1.165) is 15.1 Å². The fraction of sp³-hybridized carbons (Fsp3) is 0.286. The molecule has 0 radical (unpaired) electrons. The molecule has 4 nitrogen and oxygen atoms in total. The van der Waals surface area contributed by atoms with Crippen LogP contribution in [0.5, 0.6) is 0 Å². The molecule has 1 aromatic heterocycles. The van der Waals surface area contributed by atoms with Crippen molar-refractivity contribution >= 4 is 43.6 Å². The number of sulfonamides is 1. The molecule has 1 heterocycles. The molecule has 0 amide bonds.